The van der Waals surface area contributed by atoms with Crippen molar-refractivity contribution in [2.45, 2.75) is 0 Å². The Morgan fingerprint density at radius 1 is 1.40 bits per heavy atom. The molecule has 0 heterocycles. The molecule has 0 bridgehead atoms. The first-order chi connectivity index (χ1) is 7.00. The quantitative estimate of drug-likeness (QED) is 0.594. The lowest BCUT2D eigenvalue weighted by Gasteiger charge is -2.05. The predicted molar refractivity (Wildman–Crippen MR) is 52.3 cm³/mol. The van der Waals surface area contributed by atoms with Gasteiger partial charge in [0.25, 0.3) is 5.91 Å². The van der Waals surface area contributed by atoms with Gasteiger partial charge in [-0.05, 0) is 18.2 Å². The van der Waals surface area contributed by atoms with Crippen LogP contribution in [0.3, 0.4) is 0 Å². The molecule has 0 fully saturated rings. The zero-order valence-corrected chi connectivity index (χ0v) is 7.79. The second-order valence-corrected chi connectivity index (χ2v) is 2.88. The lowest BCUT2D eigenvalue weighted by molar-refractivity contribution is -0.117. The van der Waals surface area contributed by atoms with Gasteiger partial charge in [-0.1, -0.05) is 0 Å². The van der Waals surface area contributed by atoms with Crippen LogP contribution in [0.5, 0.6) is 0 Å². The maximum Gasteiger partial charge on any atom is 0.253 e. The number of nitrogen functional groups attached to an aromatic ring is 1. The molecule has 0 unspecified atom stereocenters. The fourth-order valence-electron chi connectivity index (χ4n) is 1.00. The van der Waals surface area contributed by atoms with Crippen molar-refractivity contribution in [2.24, 2.45) is 5.73 Å². The van der Waals surface area contributed by atoms with Crippen molar-refractivity contribution in [1.29, 1.82) is 0 Å². The summed E-state index contributed by atoms with van der Waals surface area (Å²) in [5.74, 6) is -1.76. The molecule has 0 saturated heterocycles. The van der Waals surface area contributed by atoms with Gasteiger partial charge < -0.3 is 16.8 Å². The van der Waals surface area contributed by atoms with Crippen molar-refractivity contribution in [2.75, 3.05) is 12.3 Å². The van der Waals surface area contributed by atoms with Gasteiger partial charge in [-0.25, -0.2) is 4.39 Å². The van der Waals surface area contributed by atoms with Crippen LogP contribution in [0.2, 0.25) is 0 Å². The molecule has 80 valence electrons. The number of primary amides is 1. The molecule has 0 aromatic heterocycles. The molecule has 1 aromatic carbocycles. The topological polar surface area (TPSA) is 98.2 Å². The molecule has 15 heavy (non-hydrogen) atoms. The Labute approximate surface area is 85.2 Å². The Hall–Kier alpha value is -2.11. The zero-order chi connectivity index (χ0) is 11.4. The molecule has 5 nitrogen and oxygen atoms in total. The summed E-state index contributed by atoms with van der Waals surface area (Å²) >= 11 is 0. The number of hydrogen-bond acceptors (Lipinski definition) is 3. The van der Waals surface area contributed by atoms with E-state index in [0.29, 0.717) is 0 Å². The van der Waals surface area contributed by atoms with E-state index in [-0.39, 0.29) is 17.8 Å². The number of halogens is 1. The van der Waals surface area contributed by atoms with Crippen LogP contribution in [0, 0.1) is 5.82 Å². The average Bonchev–Trinajstić information content (AvgIpc) is 2.14. The number of carbonyl (C=O) groups excluding carboxylic acids is 2. The second kappa shape index (κ2) is 4.41. The third kappa shape index (κ3) is 2.94. The smallest absolute Gasteiger partial charge is 0.253 e. The second-order valence-electron chi connectivity index (χ2n) is 2.88. The fourth-order valence-corrected chi connectivity index (χ4v) is 1.00. The molecule has 0 spiro atoms. The van der Waals surface area contributed by atoms with Crippen LogP contribution < -0.4 is 16.8 Å². The van der Waals surface area contributed by atoms with Crippen molar-refractivity contribution < 1.29 is 14.0 Å². The Morgan fingerprint density at radius 3 is 2.60 bits per heavy atom. The summed E-state index contributed by atoms with van der Waals surface area (Å²) in [7, 11) is 0. The number of rotatable bonds is 3. The van der Waals surface area contributed by atoms with Gasteiger partial charge >= 0.3 is 0 Å². The minimum atomic E-state index is -0.663. The van der Waals surface area contributed by atoms with Gasteiger partial charge in [0.15, 0.2) is 0 Å². The van der Waals surface area contributed by atoms with Crippen LogP contribution in [-0.4, -0.2) is 18.4 Å². The average molecular weight is 211 g/mol. The highest BCUT2D eigenvalue weighted by Crippen LogP contribution is 2.12. The number of carbonyl (C=O) groups is 2. The van der Waals surface area contributed by atoms with Crippen LogP contribution in [-0.2, 0) is 4.79 Å². The lowest BCUT2D eigenvalue weighted by atomic mass is 10.1. The fraction of sp³-hybridized carbons (Fsp3) is 0.111. The maximum atomic E-state index is 12.6. The van der Waals surface area contributed by atoms with E-state index in [9.17, 15) is 14.0 Å². The van der Waals surface area contributed by atoms with E-state index in [0.717, 1.165) is 12.1 Å². The number of hydrogen-bond donors (Lipinski definition) is 3. The summed E-state index contributed by atoms with van der Waals surface area (Å²) in [6.45, 7) is -0.282. The number of amides is 2. The maximum absolute atomic E-state index is 12.6. The van der Waals surface area contributed by atoms with E-state index >= 15 is 0 Å². The van der Waals surface area contributed by atoms with Crippen LogP contribution in [0.15, 0.2) is 18.2 Å². The Balaban J connectivity index is 2.78. The van der Waals surface area contributed by atoms with Gasteiger partial charge in [-0.3, -0.25) is 9.59 Å². The van der Waals surface area contributed by atoms with E-state index < -0.39 is 17.6 Å². The summed E-state index contributed by atoms with van der Waals surface area (Å²) in [4.78, 5) is 21.8. The highest BCUT2D eigenvalue weighted by atomic mass is 19.1. The van der Waals surface area contributed by atoms with Crippen LogP contribution in [0.1, 0.15) is 10.4 Å². The molecule has 2 amide bonds. The molecule has 0 aliphatic rings. The SMILES string of the molecule is NC(=O)CNC(=O)c1ccc(F)cc1N. The number of anilines is 1. The van der Waals surface area contributed by atoms with Crippen molar-refractivity contribution in [3.05, 3.63) is 29.6 Å². The molecule has 1 aromatic rings. The van der Waals surface area contributed by atoms with Crippen molar-refractivity contribution in [1.82, 2.24) is 5.32 Å². The van der Waals surface area contributed by atoms with Gasteiger partial charge in [-0.15, -0.1) is 0 Å². The van der Waals surface area contributed by atoms with E-state index in [1.165, 1.54) is 6.07 Å². The van der Waals surface area contributed by atoms with E-state index in [4.69, 9.17) is 11.5 Å². The third-order valence-electron chi connectivity index (χ3n) is 1.68. The van der Waals surface area contributed by atoms with Crippen molar-refractivity contribution in [3.63, 3.8) is 0 Å². The summed E-state index contributed by atoms with van der Waals surface area (Å²) in [5, 5.41) is 2.24. The Kier molecular flexibility index (Phi) is 3.22. The van der Waals surface area contributed by atoms with Gasteiger partial charge in [0.05, 0.1) is 12.1 Å². The van der Waals surface area contributed by atoms with Gasteiger partial charge in [0.2, 0.25) is 5.91 Å². The van der Waals surface area contributed by atoms with Crippen LogP contribution >= 0.6 is 0 Å². The first kappa shape index (κ1) is 11.0. The minimum Gasteiger partial charge on any atom is -0.398 e. The minimum absolute atomic E-state index is 0.0111. The standard InChI is InChI=1S/C9H10FN3O2/c10-5-1-2-6(7(11)3-5)9(15)13-4-8(12)14/h1-3H,4,11H2,(H2,12,14)(H,13,15). The summed E-state index contributed by atoms with van der Waals surface area (Å²) in [5.41, 5.74) is 10.4. The molecule has 1 rings (SSSR count). The highest BCUT2D eigenvalue weighted by molar-refractivity contribution is 6.00. The van der Waals surface area contributed by atoms with E-state index in [2.05, 4.69) is 5.32 Å². The molecular weight excluding hydrogens is 201 g/mol. The van der Waals surface area contributed by atoms with E-state index in [1.54, 1.807) is 0 Å². The van der Waals surface area contributed by atoms with Gasteiger partial charge in [0.1, 0.15) is 5.82 Å². The van der Waals surface area contributed by atoms with Crippen molar-refractivity contribution >= 4 is 17.5 Å². The Bertz CT molecular complexity index is 406. The summed E-state index contributed by atoms with van der Waals surface area (Å²) in [6.07, 6.45) is 0. The van der Waals surface area contributed by atoms with E-state index in [1.807, 2.05) is 0 Å². The Morgan fingerprint density at radius 2 is 2.07 bits per heavy atom. The van der Waals surface area contributed by atoms with Gasteiger partial charge in [0, 0.05) is 5.69 Å². The largest absolute Gasteiger partial charge is 0.398 e. The molecule has 0 atom stereocenters. The molecule has 6 heteroatoms. The first-order valence-electron chi connectivity index (χ1n) is 4.12. The number of nitrogens with two attached hydrogens (primary N) is 2. The number of benzene rings is 1. The van der Waals surface area contributed by atoms with Crippen molar-refractivity contribution in [3.8, 4) is 0 Å². The van der Waals surface area contributed by atoms with Crippen LogP contribution in [0.25, 0.3) is 0 Å². The number of nitrogens with one attached hydrogen (secondary N) is 1. The highest BCUT2D eigenvalue weighted by Gasteiger charge is 2.10. The molecule has 0 radical (unpaired) electrons. The third-order valence-corrected chi connectivity index (χ3v) is 1.68. The predicted octanol–water partition coefficient (Wildman–Crippen LogP) is -0.377. The first-order valence-corrected chi connectivity index (χ1v) is 4.12. The van der Waals surface area contributed by atoms with Gasteiger partial charge in [-0.2, -0.15) is 0 Å². The molecule has 5 N–H and O–H groups in total. The molecule has 0 aliphatic carbocycles. The summed E-state index contributed by atoms with van der Waals surface area (Å²) in [6, 6.07) is 3.37. The summed E-state index contributed by atoms with van der Waals surface area (Å²) < 4.78 is 12.6. The zero-order valence-electron chi connectivity index (χ0n) is 7.79. The monoisotopic (exact) mass is 211 g/mol. The molecule has 0 aliphatic heterocycles. The normalized spacial score (nSPS) is 9.67. The molecular formula is C9H10FN3O2. The lowest BCUT2D eigenvalue weighted by Crippen LogP contribution is -2.33. The molecule has 0 saturated carbocycles. The van der Waals surface area contributed by atoms with Crippen LogP contribution in [0.4, 0.5) is 10.1 Å².